The van der Waals surface area contributed by atoms with Crippen molar-refractivity contribution in [2.75, 3.05) is 5.32 Å². The van der Waals surface area contributed by atoms with Gasteiger partial charge in [-0.2, -0.15) is 10.4 Å². The van der Waals surface area contributed by atoms with Gasteiger partial charge < -0.3 is 5.32 Å². The summed E-state index contributed by atoms with van der Waals surface area (Å²) in [6.45, 7) is 2.69. The van der Waals surface area contributed by atoms with Crippen LogP contribution in [0.15, 0.2) is 42.7 Å². The lowest BCUT2D eigenvalue weighted by Gasteiger charge is -2.08. The van der Waals surface area contributed by atoms with E-state index in [9.17, 15) is 4.79 Å². The van der Waals surface area contributed by atoms with Crippen LogP contribution in [-0.4, -0.2) is 15.7 Å². The normalized spacial score (nSPS) is 11.6. The second kappa shape index (κ2) is 5.83. The third-order valence-corrected chi connectivity index (χ3v) is 2.75. The first kappa shape index (κ1) is 12.8. The summed E-state index contributed by atoms with van der Waals surface area (Å²) in [6, 6.07) is 11.0. The molecule has 0 fully saturated rings. The molecule has 0 aliphatic heterocycles. The number of nitrogens with zero attached hydrogens (tertiary/aromatic N) is 3. The molecule has 2 aromatic rings. The van der Waals surface area contributed by atoms with E-state index in [1.807, 2.05) is 31.2 Å². The Balaban J connectivity index is 2.12. The molecule has 0 aliphatic carbocycles. The standard InChI is InChI=1S/C14H14N4O/c1-2-18-10-12(9-16-18)17-14(19)13(8-15)11-6-4-3-5-7-11/h3-7,9-10,13H,2H2,1H3,(H,17,19). The zero-order chi connectivity index (χ0) is 13.7. The smallest absolute Gasteiger partial charge is 0.246 e. The Morgan fingerprint density at radius 2 is 2.21 bits per heavy atom. The number of carbonyl (C=O) groups excluding carboxylic acids is 1. The van der Waals surface area contributed by atoms with Crippen LogP contribution in [0.4, 0.5) is 5.69 Å². The van der Waals surface area contributed by atoms with Crippen molar-refractivity contribution < 1.29 is 4.79 Å². The molecule has 1 aromatic carbocycles. The van der Waals surface area contributed by atoms with Crippen molar-refractivity contribution in [2.24, 2.45) is 0 Å². The minimum Gasteiger partial charge on any atom is -0.322 e. The van der Waals surface area contributed by atoms with E-state index in [2.05, 4.69) is 10.4 Å². The van der Waals surface area contributed by atoms with Gasteiger partial charge in [0.1, 0.15) is 0 Å². The predicted molar refractivity (Wildman–Crippen MR) is 71.3 cm³/mol. The maximum Gasteiger partial charge on any atom is 0.246 e. The van der Waals surface area contributed by atoms with Gasteiger partial charge in [-0.15, -0.1) is 0 Å². The summed E-state index contributed by atoms with van der Waals surface area (Å²) in [5, 5.41) is 15.9. The van der Waals surface area contributed by atoms with E-state index in [0.29, 0.717) is 11.3 Å². The average Bonchev–Trinajstić information content (AvgIpc) is 2.88. The third kappa shape index (κ3) is 2.99. The SMILES string of the molecule is CCn1cc(NC(=O)C(C#N)c2ccccc2)cn1. The molecule has 5 heteroatoms. The molecule has 19 heavy (non-hydrogen) atoms. The highest BCUT2D eigenvalue weighted by molar-refractivity contribution is 5.97. The maximum absolute atomic E-state index is 12.1. The summed E-state index contributed by atoms with van der Waals surface area (Å²) >= 11 is 0. The average molecular weight is 254 g/mol. The largest absolute Gasteiger partial charge is 0.322 e. The highest BCUT2D eigenvalue weighted by atomic mass is 16.1. The number of nitrogens with one attached hydrogen (secondary N) is 1. The van der Waals surface area contributed by atoms with Crippen molar-refractivity contribution in [1.29, 1.82) is 5.26 Å². The van der Waals surface area contributed by atoms with E-state index >= 15 is 0 Å². The molecule has 2 rings (SSSR count). The lowest BCUT2D eigenvalue weighted by atomic mass is 10.00. The molecule has 1 amide bonds. The Labute approximate surface area is 111 Å². The molecule has 0 bridgehead atoms. The van der Waals surface area contributed by atoms with Crippen LogP contribution in [0.1, 0.15) is 18.4 Å². The highest BCUT2D eigenvalue weighted by Crippen LogP contribution is 2.17. The zero-order valence-corrected chi connectivity index (χ0v) is 10.6. The number of hydrogen-bond donors (Lipinski definition) is 1. The molecular weight excluding hydrogens is 240 g/mol. The van der Waals surface area contributed by atoms with Gasteiger partial charge >= 0.3 is 0 Å². The molecule has 0 saturated heterocycles. The number of anilines is 1. The quantitative estimate of drug-likeness (QED) is 0.908. The van der Waals surface area contributed by atoms with E-state index in [1.165, 1.54) is 0 Å². The van der Waals surface area contributed by atoms with Crippen LogP contribution < -0.4 is 5.32 Å². The molecule has 1 aromatic heterocycles. The number of carbonyl (C=O) groups is 1. The number of nitriles is 1. The Morgan fingerprint density at radius 3 is 2.79 bits per heavy atom. The first-order valence-electron chi connectivity index (χ1n) is 6.02. The summed E-state index contributed by atoms with van der Waals surface area (Å²) in [4.78, 5) is 12.1. The second-order valence-electron chi connectivity index (χ2n) is 4.05. The molecule has 0 aliphatic rings. The lowest BCUT2D eigenvalue weighted by Crippen LogP contribution is -2.19. The molecule has 1 heterocycles. The van der Waals surface area contributed by atoms with Crippen LogP contribution in [0, 0.1) is 11.3 Å². The number of aromatic nitrogens is 2. The van der Waals surface area contributed by atoms with Gasteiger partial charge in [0.05, 0.1) is 18.0 Å². The minimum absolute atomic E-state index is 0.343. The number of benzene rings is 1. The summed E-state index contributed by atoms with van der Waals surface area (Å²) in [5.41, 5.74) is 1.29. The first-order chi connectivity index (χ1) is 9.24. The second-order valence-corrected chi connectivity index (χ2v) is 4.05. The molecule has 0 radical (unpaired) electrons. The van der Waals surface area contributed by atoms with Crippen LogP contribution in [0.3, 0.4) is 0 Å². The molecule has 96 valence electrons. The summed E-state index contributed by atoms with van der Waals surface area (Å²) in [7, 11) is 0. The maximum atomic E-state index is 12.1. The molecule has 1 N–H and O–H groups in total. The lowest BCUT2D eigenvalue weighted by molar-refractivity contribution is -0.116. The van der Waals surface area contributed by atoms with Crippen molar-refractivity contribution in [3.05, 3.63) is 48.3 Å². The third-order valence-electron chi connectivity index (χ3n) is 2.75. The van der Waals surface area contributed by atoms with Crippen LogP contribution in [-0.2, 0) is 11.3 Å². The Bertz CT molecular complexity index is 597. The summed E-state index contributed by atoms with van der Waals surface area (Å²) in [5.74, 6) is -1.16. The molecule has 0 spiro atoms. The van der Waals surface area contributed by atoms with E-state index in [-0.39, 0.29) is 5.91 Å². The monoisotopic (exact) mass is 254 g/mol. The Hall–Kier alpha value is -2.61. The van der Waals surface area contributed by atoms with Gasteiger partial charge in [0.15, 0.2) is 5.92 Å². The van der Waals surface area contributed by atoms with E-state index < -0.39 is 5.92 Å². The summed E-state index contributed by atoms with van der Waals surface area (Å²) in [6.07, 6.45) is 3.30. The molecular formula is C14H14N4O. The van der Waals surface area contributed by atoms with Crippen molar-refractivity contribution in [3.8, 4) is 6.07 Å². The van der Waals surface area contributed by atoms with E-state index in [4.69, 9.17) is 5.26 Å². The van der Waals surface area contributed by atoms with Gasteiger partial charge in [-0.1, -0.05) is 30.3 Å². The topological polar surface area (TPSA) is 70.7 Å². The summed E-state index contributed by atoms with van der Waals surface area (Å²) < 4.78 is 1.71. The van der Waals surface area contributed by atoms with Crippen LogP contribution in [0.2, 0.25) is 0 Å². The minimum atomic E-state index is -0.814. The Kier molecular flexibility index (Phi) is 3.94. The van der Waals surface area contributed by atoms with Gasteiger partial charge in [0.25, 0.3) is 0 Å². The van der Waals surface area contributed by atoms with E-state index in [0.717, 1.165) is 6.54 Å². The van der Waals surface area contributed by atoms with Crippen LogP contribution >= 0.6 is 0 Å². The van der Waals surface area contributed by atoms with Gasteiger partial charge in [-0.05, 0) is 12.5 Å². The fourth-order valence-electron chi connectivity index (χ4n) is 1.75. The van der Waals surface area contributed by atoms with Gasteiger partial charge in [0.2, 0.25) is 5.91 Å². The zero-order valence-electron chi connectivity index (χ0n) is 10.6. The highest BCUT2D eigenvalue weighted by Gasteiger charge is 2.20. The van der Waals surface area contributed by atoms with Gasteiger partial charge in [0, 0.05) is 12.7 Å². The van der Waals surface area contributed by atoms with Crippen molar-refractivity contribution in [3.63, 3.8) is 0 Å². The van der Waals surface area contributed by atoms with E-state index in [1.54, 1.807) is 29.2 Å². The first-order valence-corrected chi connectivity index (χ1v) is 6.02. The molecule has 1 unspecified atom stereocenters. The van der Waals surface area contributed by atoms with Crippen molar-refractivity contribution in [1.82, 2.24) is 9.78 Å². The van der Waals surface area contributed by atoms with Gasteiger partial charge in [-0.3, -0.25) is 9.48 Å². The molecule has 1 atom stereocenters. The molecule has 5 nitrogen and oxygen atoms in total. The predicted octanol–water partition coefficient (Wildman–Crippen LogP) is 2.15. The fourth-order valence-corrected chi connectivity index (χ4v) is 1.75. The number of rotatable bonds is 4. The van der Waals surface area contributed by atoms with Crippen LogP contribution in [0.5, 0.6) is 0 Å². The molecule has 0 saturated carbocycles. The van der Waals surface area contributed by atoms with Crippen LogP contribution in [0.25, 0.3) is 0 Å². The number of amides is 1. The fraction of sp³-hybridized carbons (Fsp3) is 0.214. The number of hydrogen-bond acceptors (Lipinski definition) is 3. The van der Waals surface area contributed by atoms with Crippen molar-refractivity contribution >= 4 is 11.6 Å². The number of aryl methyl sites for hydroxylation is 1. The van der Waals surface area contributed by atoms with Crippen molar-refractivity contribution in [2.45, 2.75) is 19.4 Å². The van der Waals surface area contributed by atoms with Gasteiger partial charge in [-0.25, -0.2) is 0 Å². The Morgan fingerprint density at radius 1 is 1.47 bits per heavy atom.